The van der Waals surface area contributed by atoms with Crippen LogP contribution in [-0.2, 0) is 9.59 Å². The van der Waals surface area contributed by atoms with E-state index in [0.717, 1.165) is 43.9 Å². The molecule has 30 heavy (non-hydrogen) atoms. The Balaban J connectivity index is 1.39. The molecule has 0 spiro atoms. The van der Waals surface area contributed by atoms with E-state index in [-0.39, 0.29) is 24.2 Å². The molecular formula is C22H29N5O3. The molecule has 8 heteroatoms. The van der Waals surface area contributed by atoms with Crippen molar-refractivity contribution in [3.63, 3.8) is 0 Å². The number of hydrogen-bond donors (Lipinski definition) is 1. The van der Waals surface area contributed by atoms with Crippen LogP contribution in [0, 0.1) is 5.92 Å². The maximum Gasteiger partial charge on any atom is 0.230 e. The SMILES string of the molecule is CCN1CCC(n2nccc2NC(=O)[C@@H]2CC(=O)N(c3ccc(OC)cc3)C2)CC1. The van der Waals surface area contributed by atoms with Gasteiger partial charge in [0.25, 0.3) is 0 Å². The van der Waals surface area contributed by atoms with Gasteiger partial charge in [-0.3, -0.25) is 9.59 Å². The first kappa shape index (κ1) is 20.4. The third-order valence-corrected chi connectivity index (χ3v) is 6.15. The van der Waals surface area contributed by atoms with Gasteiger partial charge < -0.3 is 19.9 Å². The number of ether oxygens (including phenoxy) is 1. The maximum atomic E-state index is 12.9. The molecule has 1 atom stereocenters. The molecule has 1 N–H and O–H groups in total. The largest absolute Gasteiger partial charge is 0.497 e. The normalized spacial score (nSPS) is 20.5. The van der Waals surface area contributed by atoms with Gasteiger partial charge in [0.2, 0.25) is 11.8 Å². The van der Waals surface area contributed by atoms with E-state index in [2.05, 4.69) is 22.2 Å². The second kappa shape index (κ2) is 8.87. The Labute approximate surface area is 176 Å². The Kier molecular flexibility index (Phi) is 6.03. The first-order chi connectivity index (χ1) is 14.6. The lowest BCUT2D eigenvalue weighted by Crippen LogP contribution is -2.35. The van der Waals surface area contributed by atoms with Crippen molar-refractivity contribution in [2.75, 3.05) is 43.5 Å². The van der Waals surface area contributed by atoms with E-state index in [1.165, 1.54) is 0 Å². The molecule has 2 fully saturated rings. The van der Waals surface area contributed by atoms with Crippen molar-refractivity contribution in [2.24, 2.45) is 5.92 Å². The number of carbonyl (C=O) groups is 2. The first-order valence-electron chi connectivity index (χ1n) is 10.6. The van der Waals surface area contributed by atoms with Crippen molar-refractivity contribution >= 4 is 23.3 Å². The molecule has 8 nitrogen and oxygen atoms in total. The van der Waals surface area contributed by atoms with Gasteiger partial charge in [-0.2, -0.15) is 5.10 Å². The molecule has 1 aromatic carbocycles. The number of benzene rings is 1. The summed E-state index contributed by atoms with van der Waals surface area (Å²) in [7, 11) is 1.61. The summed E-state index contributed by atoms with van der Waals surface area (Å²) in [5, 5.41) is 7.47. The van der Waals surface area contributed by atoms with Crippen LogP contribution < -0.4 is 15.0 Å². The number of rotatable bonds is 6. The highest BCUT2D eigenvalue weighted by Gasteiger charge is 2.35. The molecule has 1 aromatic heterocycles. The third-order valence-electron chi connectivity index (χ3n) is 6.15. The molecule has 4 rings (SSSR count). The topological polar surface area (TPSA) is 79.7 Å². The summed E-state index contributed by atoms with van der Waals surface area (Å²) in [5.74, 6) is 0.890. The van der Waals surface area contributed by atoms with Gasteiger partial charge in [0.1, 0.15) is 11.6 Å². The summed E-state index contributed by atoms with van der Waals surface area (Å²) in [5.41, 5.74) is 0.781. The summed E-state index contributed by atoms with van der Waals surface area (Å²) in [6, 6.07) is 9.45. The Morgan fingerprint density at radius 3 is 2.60 bits per heavy atom. The zero-order valence-corrected chi connectivity index (χ0v) is 17.6. The van der Waals surface area contributed by atoms with Crippen molar-refractivity contribution < 1.29 is 14.3 Å². The Morgan fingerprint density at radius 1 is 1.20 bits per heavy atom. The predicted octanol–water partition coefficient (Wildman–Crippen LogP) is 2.54. The molecule has 0 unspecified atom stereocenters. The van der Waals surface area contributed by atoms with Gasteiger partial charge in [0.05, 0.1) is 25.3 Å². The highest BCUT2D eigenvalue weighted by Crippen LogP contribution is 2.29. The molecule has 2 aliphatic heterocycles. The summed E-state index contributed by atoms with van der Waals surface area (Å²) >= 11 is 0. The molecular weight excluding hydrogens is 382 g/mol. The van der Waals surface area contributed by atoms with Crippen LogP contribution in [0.25, 0.3) is 0 Å². The molecule has 0 radical (unpaired) electrons. The number of nitrogens with one attached hydrogen (secondary N) is 1. The minimum absolute atomic E-state index is 0.0410. The van der Waals surface area contributed by atoms with Gasteiger partial charge in [-0.05, 0) is 43.7 Å². The molecule has 2 saturated heterocycles. The van der Waals surface area contributed by atoms with Gasteiger partial charge in [0, 0.05) is 37.8 Å². The van der Waals surface area contributed by atoms with Crippen LogP contribution in [-0.4, -0.2) is 59.8 Å². The van der Waals surface area contributed by atoms with Crippen LogP contribution in [0.5, 0.6) is 5.75 Å². The Hall–Kier alpha value is -2.87. The quantitative estimate of drug-likeness (QED) is 0.790. The zero-order chi connectivity index (χ0) is 21.1. The molecule has 0 aliphatic carbocycles. The average molecular weight is 412 g/mol. The van der Waals surface area contributed by atoms with Crippen LogP contribution >= 0.6 is 0 Å². The van der Waals surface area contributed by atoms with Gasteiger partial charge in [-0.1, -0.05) is 6.92 Å². The second-order valence-electron chi connectivity index (χ2n) is 7.92. The third kappa shape index (κ3) is 4.18. The minimum atomic E-state index is -0.384. The molecule has 2 amide bonds. The van der Waals surface area contributed by atoms with Crippen molar-refractivity contribution in [1.29, 1.82) is 0 Å². The van der Waals surface area contributed by atoms with Gasteiger partial charge >= 0.3 is 0 Å². The van der Waals surface area contributed by atoms with Crippen LogP contribution in [0.1, 0.15) is 32.2 Å². The molecule has 0 bridgehead atoms. The molecule has 0 saturated carbocycles. The van der Waals surface area contributed by atoms with Crippen LogP contribution in [0.4, 0.5) is 11.5 Å². The lowest BCUT2D eigenvalue weighted by Gasteiger charge is -2.31. The van der Waals surface area contributed by atoms with E-state index in [1.807, 2.05) is 35.0 Å². The van der Waals surface area contributed by atoms with Crippen molar-refractivity contribution in [2.45, 2.75) is 32.2 Å². The maximum absolute atomic E-state index is 12.9. The second-order valence-corrected chi connectivity index (χ2v) is 7.92. The van der Waals surface area contributed by atoms with Crippen LogP contribution in [0.2, 0.25) is 0 Å². The Bertz CT molecular complexity index is 886. The molecule has 2 aliphatic rings. The van der Waals surface area contributed by atoms with Crippen molar-refractivity contribution in [3.8, 4) is 5.75 Å². The minimum Gasteiger partial charge on any atom is -0.497 e. The smallest absolute Gasteiger partial charge is 0.230 e. The predicted molar refractivity (Wildman–Crippen MR) is 115 cm³/mol. The fourth-order valence-corrected chi connectivity index (χ4v) is 4.31. The van der Waals surface area contributed by atoms with Crippen LogP contribution in [0.3, 0.4) is 0 Å². The van der Waals surface area contributed by atoms with Crippen molar-refractivity contribution in [3.05, 3.63) is 36.5 Å². The number of nitrogens with zero attached hydrogens (tertiary/aromatic N) is 4. The fourth-order valence-electron chi connectivity index (χ4n) is 4.31. The summed E-state index contributed by atoms with van der Waals surface area (Å²) in [6.07, 6.45) is 3.98. The first-order valence-corrected chi connectivity index (χ1v) is 10.6. The monoisotopic (exact) mass is 411 g/mol. The summed E-state index contributed by atoms with van der Waals surface area (Å²) in [6.45, 7) is 5.71. The number of aromatic nitrogens is 2. The number of hydrogen-bond acceptors (Lipinski definition) is 5. The van der Waals surface area contributed by atoms with Gasteiger partial charge in [-0.25, -0.2) is 4.68 Å². The van der Waals surface area contributed by atoms with E-state index < -0.39 is 0 Å². The number of carbonyl (C=O) groups excluding carboxylic acids is 2. The van der Waals surface area contributed by atoms with E-state index in [4.69, 9.17) is 4.74 Å². The van der Waals surface area contributed by atoms with Crippen LogP contribution in [0.15, 0.2) is 36.5 Å². The zero-order valence-electron chi connectivity index (χ0n) is 17.6. The lowest BCUT2D eigenvalue weighted by atomic mass is 10.1. The van der Waals surface area contributed by atoms with E-state index in [1.54, 1.807) is 18.2 Å². The van der Waals surface area contributed by atoms with E-state index >= 15 is 0 Å². The van der Waals surface area contributed by atoms with E-state index in [9.17, 15) is 9.59 Å². The highest BCUT2D eigenvalue weighted by molar-refractivity contribution is 6.03. The standard InChI is InChI=1S/C22H29N5O3/c1-3-25-12-9-18(10-13-25)27-20(8-11-23-27)24-22(29)16-14-21(28)26(15-16)17-4-6-19(30-2)7-5-17/h4-8,11,16,18H,3,9-10,12-15H2,1-2H3,(H,24,29)/t16-/m1/s1. The fraction of sp³-hybridized carbons (Fsp3) is 0.500. The van der Waals surface area contributed by atoms with E-state index in [0.29, 0.717) is 18.4 Å². The summed E-state index contributed by atoms with van der Waals surface area (Å²) < 4.78 is 7.11. The average Bonchev–Trinajstić information content (AvgIpc) is 3.40. The van der Waals surface area contributed by atoms with Crippen molar-refractivity contribution in [1.82, 2.24) is 14.7 Å². The molecule has 160 valence electrons. The highest BCUT2D eigenvalue weighted by atomic mass is 16.5. The lowest BCUT2D eigenvalue weighted by molar-refractivity contribution is -0.122. The number of anilines is 2. The number of piperidine rings is 1. The van der Waals surface area contributed by atoms with Gasteiger partial charge in [-0.15, -0.1) is 0 Å². The molecule has 3 heterocycles. The number of likely N-dealkylation sites (tertiary alicyclic amines) is 1. The molecule has 2 aromatic rings. The Morgan fingerprint density at radius 2 is 1.93 bits per heavy atom. The number of amides is 2. The number of methoxy groups -OCH3 is 1. The summed E-state index contributed by atoms with van der Waals surface area (Å²) in [4.78, 5) is 29.5. The van der Waals surface area contributed by atoms with Gasteiger partial charge in [0.15, 0.2) is 0 Å².